The fourth-order valence-electron chi connectivity index (χ4n) is 3.93. The summed E-state index contributed by atoms with van der Waals surface area (Å²) in [6, 6.07) is 27.0. The summed E-state index contributed by atoms with van der Waals surface area (Å²) in [7, 11) is 0. The molecule has 2 aromatic heterocycles. The molecule has 0 N–H and O–H groups in total. The molecule has 37 heavy (non-hydrogen) atoms. The van der Waals surface area contributed by atoms with Gasteiger partial charge in [0.05, 0.1) is 5.69 Å². The highest BCUT2D eigenvalue weighted by atomic mass is 19.1. The number of hydrogen-bond acceptors (Lipinski definition) is 4. The summed E-state index contributed by atoms with van der Waals surface area (Å²) in [5.41, 5.74) is 4.29. The van der Waals surface area contributed by atoms with Gasteiger partial charge in [-0.15, -0.1) is 0 Å². The summed E-state index contributed by atoms with van der Waals surface area (Å²) in [4.78, 5) is 19.5. The molecule has 0 saturated carbocycles. The highest BCUT2D eigenvalue weighted by Gasteiger charge is 2.17. The highest BCUT2D eigenvalue weighted by Crippen LogP contribution is 2.19. The Kier molecular flexibility index (Phi) is 7.31. The van der Waals surface area contributed by atoms with Gasteiger partial charge in [0.1, 0.15) is 18.2 Å². The highest BCUT2D eigenvalue weighted by molar-refractivity contribution is 5.94. The molecule has 0 aliphatic rings. The van der Waals surface area contributed by atoms with Crippen LogP contribution in [0.5, 0.6) is 5.75 Å². The zero-order valence-electron chi connectivity index (χ0n) is 20.1. The Morgan fingerprint density at radius 3 is 2.22 bits per heavy atom. The van der Waals surface area contributed by atoms with Gasteiger partial charge in [-0.1, -0.05) is 30.3 Å². The molecule has 184 valence electrons. The van der Waals surface area contributed by atoms with Crippen molar-refractivity contribution in [2.75, 3.05) is 0 Å². The van der Waals surface area contributed by atoms with Crippen LogP contribution in [0.25, 0.3) is 5.69 Å². The number of ether oxygens (including phenoxy) is 1. The molecule has 7 heteroatoms. The number of amides is 1. The van der Waals surface area contributed by atoms with Gasteiger partial charge in [-0.25, -0.2) is 9.07 Å². The van der Waals surface area contributed by atoms with Gasteiger partial charge in [-0.3, -0.25) is 9.78 Å². The second-order valence-electron chi connectivity index (χ2n) is 8.58. The van der Waals surface area contributed by atoms with E-state index in [4.69, 9.17) is 4.74 Å². The smallest absolute Gasteiger partial charge is 0.254 e. The van der Waals surface area contributed by atoms with Gasteiger partial charge in [0.15, 0.2) is 0 Å². The van der Waals surface area contributed by atoms with E-state index in [-0.39, 0.29) is 11.7 Å². The maximum Gasteiger partial charge on any atom is 0.254 e. The zero-order valence-corrected chi connectivity index (χ0v) is 20.1. The van der Waals surface area contributed by atoms with Crippen LogP contribution in [-0.4, -0.2) is 25.6 Å². The fourth-order valence-corrected chi connectivity index (χ4v) is 3.93. The van der Waals surface area contributed by atoms with E-state index >= 15 is 0 Å². The van der Waals surface area contributed by atoms with Crippen LogP contribution in [0.15, 0.2) is 116 Å². The molecule has 0 unspecified atom stereocenters. The van der Waals surface area contributed by atoms with Crippen molar-refractivity contribution in [2.45, 2.75) is 19.7 Å². The van der Waals surface area contributed by atoms with Gasteiger partial charge in [0.2, 0.25) is 0 Å². The van der Waals surface area contributed by atoms with Crippen LogP contribution in [0, 0.1) is 5.82 Å². The summed E-state index contributed by atoms with van der Waals surface area (Å²) in [5, 5.41) is 4.24. The Balaban J connectivity index is 1.29. The van der Waals surface area contributed by atoms with Crippen molar-refractivity contribution in [1.29, 1.82) is 0 Å². The molecule has 5 aromatic rings. The normalized spacial score (nSPS) is 10.7. The zero-order chi connectivity index (χ0) is 25.5. The Labute approximate surface area is 214 Å². The van der Waals surface area contributed by atoms with E-state index in [9.17, 15) is 9.18 Å². The van der Waals surface area contributed by atoms with E-state index in [1.54, 1.807) is 40.3 Å². The summed E-state index contributed by atoms with van der Waals surface area (Å²) >= 11 is 0. The Morgan fingerprint density at radius 1 is 0.811 bits per heavy atom. The van der Waals surface area contributed by atoms with Gasteiger partial charge >= 0.3 is 0 Å². The van der Waals surface area contributed by atoms with E-state index in [2.05, 4.69) is 10.1 Å². The van der Waals surface area contributed by atoms with Gasteiger partial charge < -0.3 is 9.64 Å². The van der Waals surface area contributed by atoms with Gasteiger partial charge in [0.25, 0.3) is 5.91 Å². The quantitative estimate of drug-likeness (QED) is 0.260. The Hall–Kier alpha value is -4.78. The fraction of sp³-hybridized carbons (Fsp3) is 0.100. The van der Waals surface area contributed by atoms with E-state index in [0.717, 1.165) is 22.4 Å². The van der Waals surface area contributed by atoms with Crippen LogP contribution < -0.4 is 4.74 Å². The van der Waals surface area contributed by atoms with Crippen molar-refractivity contribution in [3.8, 4) is 11.4 Å². The third-order valence-corrected chi connectivity index (χ3v) is 5.88. The van der Waals surface area contributed by atoms with Crippen LogP contribution >= 0.6 is 0 Å². The average Bonchev–Trinajstić information content (AvgIpc) is 3.49. The number of aromatic nitrogens is 3. The summed E-state index contributed by atoms with van der Waals surface area (Å²) in [6.45, 7) is 1.20. The number of rotatable bonds is 9. The molecule has 2 heterocycles. The van der Waals surface area contributed by atoms with Crippen LogP contribution in [0.3, 0.4) is 0 Å². The summed E-state index contributed by atoms with van der Waals surface area (Å²) < 4.78 is 20.7. The Morgan fingerprint density at radius 2 is 1.54 bits per heavy atom. The minimum absolute atomic E-state index is 0.0764. The summed E-state index contributed by atoms with van der Waals surface area (Å²) in [6.07, 6.45) is 7.06. The lowest BCUT2D eigenvalue weighted by molar-refractivity contribution is 0.0730. The third kappa shape index (κ3) is 6.27. The van der Waals surface area contributed by atoms with Crippen molar-refractivity contribution in [3.05, 3.63) is 144 Å². The van der Waals surface area contributed by atoms with E-state index in [1.807, 2.05) is 72.9 Å². The minimum atomic E-state index is -0.271. The molecule has 0 saturated heterocycles. The number of benzene rings is 3. The van der Waals surface area contributed by atoms with Crippen molar-refractivity contribution in [1.82, 2.24) is 19.7 Å². The molecule has 3 aromatic carbocycles. The minimum Gasteiger partial charge on any atom is -0.489 e. The first-order valence-corrected chi connectivity index (χ1v) is 11.9. The van der Waals surface area contributed by atoms with E-state index < -0.39 is 0 Å². The third-order valence-electron chi connectivity index (χ3n) is 5.88. The molecule has 0 spiro atoms. The van der Waals surface area contributed by atoms with Crippen molar-refractivity contribution < 1.29 is 13.9 Å². The molecule has 1 amide bonds. The first-order chi connectivity index (χ1) is 18.1. The molecular weight excluding hydrogens is 467 g/mol. The Bertz CT molecular complexity index is 1420. The number of carbonyl (C=O) groups is 1. The second kappa shape index (κ2) is 11.3. The van der Waals surface area contributed by atoms with Crippen LogP contribution in [0.2, 0.25) is 0 Å². The van der Waals surface area contributed by atoms with Crippen LogP contribution in [0.1, 0.15) is 27.0 Å². The lowest BCUT2D eigenvalue weighted by atomic mass is 10.1. The predicted molar refractivity (Wildman–Crippen MR) is 139 cm³/mol. The predicted octanol–water partition coefficient (Wildman–Crippen LogP) is 5.83. The molecule has 0 aliphatic heterocycles. The van der Waals surface area contributed by atoms with E-state index in [0.29, 0.717) is 31.0 Å². The van der Waals surface area contributed by atoms with Crippen molar-refractivity contribution in [3.63, 3.8) is 0 Å². The van der Waals surface area contributed by atoms with Crippen molar-refractivity contribution >= 4 is 5.91 Å². The first kappa shape index (κ1) is 23.9. The SMILES string of the molecule is O=C(c1ccc(-n2cccn2)cc1)N(Cc1ccc(OCc2ccc(F)cc2)cc1)Cc1cccnc1. The number of pyridine rings is 1. The number of nitrogens with zero attached hydrogens (tertiary/aromatic N) is 4. The van der Waals surface area contributed by atoms with Crippen LogP contribution in [-0.2, 0) is 19.7 Å². The number of hydrogen-bond donors (Lipinski definition) is 0. The molecule has 0 bridgehead atoms. The standard InChI is InChI=1S/C30H25FN4O2/c31-27-10-4-24(5-11-27)22-37-29-14-6-23(7-15-29)20-34(21-25-3-1-16-32-19-25)30(36)26-8-12-28(13-9-26)35-18-2-17-33-35/h1-19H,20-22H2. The van der Waals surface area contributed by atoms with E-state index in [1.165, 1.54) is 12.1 Å². The molecular formula is C30H25FN4O2. The van der Waals surface area contributed by atoms with Gasteiger partial charge in [0, 0.05) is 43.4 Å². The topological polar surface area (TPSA) is 60.2 Å². The molecule has 0 fully saturated rings. The van der Waals surface area contributed by atoms with Gasteiger partial charge in [-0.2, -0.15) is 5.10 Å². The van der Waals surface area contributed by atoms with Crippen molar-refractivity contribution in [2.24, 2.45) is 0 Å². The maximum atomic E-state index is 13.5. The molecule has 5 rings (SSSR count). The maximum absolute atomic E-state index is 13.5. The molecule has 0 radical (unpaired) electrons. The van der Waals surface area contributed by atoms with Crippen LogP contribution in [0.4, 0.5) is 4.39 Å². The first-order valence-electron chi connectivity index (χ1n) is 11.9. The summed E-state index contributed by atoms with van der Waals surface area (Å²) in [5.74, 6) is 0.354. The number of halogens is 1. The molecule has 0 atom stereocenters. The van der Waals surface area contributed by atoms with Gasteiger partial charge in [-0.05, 0) is 77.4 Å². The average molecular weight is 493 g/mol. The monoisotopic (exact) mass is 492 g/mol. The lowest BCUT2D eigenvalue weighted by Gasteiger charge is -2.23. The second-order valence-corrected chi connectivity index (χ2v) is 8.58. The lowest BCUT2D eigenvalue weighted by Crippen LogP contribution is -2.30. The molecule has 0 aliphatic carbocycles. The number of carbonyl (C=O) groups excluding carboxylic acids is 1. The molecule has 6 nitrogen and oxygen atoms in total. The largest absolute Gasteiger partial charge is 0.489 e.